The summed E-state index contributed by atoms with van der Waals surface area (Å²) in [6.45, 7) is 2.12. The molecule has 30 heavy (non-hydrogen) atoms. The Balaban J connectivity index is 1.75. The van der Waals surface area contributed by atoms with E-state index in [4.69, 9.17) is 33.4 Å². The third-order valence-electron chi connectivity index (χ3n) is 4.12. The zero-order valence-electron chi connectivity index (χ0n) is 16.0. The second-order valence-electron chi connectivity index (χ2n) is 6.40. The zero-order chi connectivity index (χ0) is 21.7. The van der Waals surface area contributed by atoms with E-state index in [9.17, 15) is 9.59 Å². The second kappa shape index (κ2) is 10.0. The lowest BCUT2D eigenvalue weighted by Crippen LogP contribution is -2.23. The first-order valence-corrected chi connectivity index (χ1v) is 10.6. The van der Waals surface area contributed by atoms with Gasteiger partial charge in [0.1, 0.15) is 11.6 Å². The molecule has 0 saturated carbocycles. The number of thioether (sulfide) groups is 1. The number of rotatable bonds is 9. The minimum Gasteiger partial charge on any atom is -0.467 e. The smallest absolute Gasteiger partial charge is 0.237 e. The van der Waals surface area contributed by atoms with Gasteiger partial charge in [0.05, 0.1) is 28.8 Å². The lowest BCUT2D eigenvalue weighted by Gasteiger charge is -2.14. The normalized spacial score (nSPS) is 12.0. The highest BCUT2D eigenvalue weighted by atomic mass is 35.5. The Hall–Kier alpha value is -2.49. The molecule has 0 spiro atoms. The van der Waals surface area contributed by atoms with Gasteiger partial charge >= 0.3 is 0 Å². The van der Waals surface area contributed by atoms with Gasteiger partial charge in [0.25, 0.3) is 0 Å². The number of nitrogens with zero attached hydrogens (tertiary/aromatic N) is 3. The maximum atomic E-state index is 12.6. The number of halogens is 2. The van der Waals surface area contributed by atoms with Crippen LogP contribution in [-0.2, 0) is 22.6 Å². The average Bonchev–Trinajstić information content (AvgIpc) is 3.33. The number of nitrogens with two attached hydrogens (primary N) is 1. The number of benzene rings is 1. The summed E-state index contributed by atoms with van der Waals surface area (Å²) in [6.07, 6.45) is 2.05. The molecular weight excluding hydrogens is 449 g/mol. The van der Waals surface area contributed by atoms with Crippen LogP contribution in [-0.4, -0.2) is 31.8 Å². The summed E-state index contributed by atoms with van der Waals surface area (Å²) in [6, 6.07) is 8.45. The molecule has 1 atom stereocenters. The molecule has 3 rings (SSSR count). The summed E-state index contributed by atoms with van der Waals surface area (Å²) in [5.41, 5.74) is 5.73. The van der Waals surface area contributed by atoms with Crippen LogP contribution in [0.1, 0.15) is 24.9 Å². The zero-order valence-corrected chi connectivity index (χ0v) is 18.3. The lowest BCUT2D eigenvalue weighted by molar-refractivity contribution is -0.118. The minimum absolute atomic E-state index is 0.145. The third-order valence-corrected chi connectivity index (χ3v) is 5.75. The summed E-state index contributed by atoms with van der Waals surface area (Å²) in [5.74, 6) is 0.600. The Morgan fingerprint density at radius 3 is 2.77 bits per heavy atom. The number of primary amides is 1. The fourth-order valence-corrected chi connectivity index (χ4v) is 3.90. The van der Waals surface area contributed by atoms with Crippen molar-refractivity contribution in [2.75, 3.05) is 5.32 Å². The quantitative estimate of drug-likeness (QED) is 0.462. The number of carbonyl (C=O) groups excluding carboxylic acids is 2. The lowest BCUT2D eigenvalue weighted by atomic mass is 10.3. The molecule has 2 amide bonds. The fraction of sp³-hybridized carbons (Fsp3) is 0.263. The standard InChI is InChI=1S/C19H19Cl2N5O3S/c1-11(18(28)23-15-5-4-12(20)9-14(15)21)30-19-25-24-17(7-6-16(22)27)26(19)10-13-3-2-8-29-13/h2-5,8-9,11H,6-7,10H2,1H3,(H2,22,27)(H,23,28). The van der Waals surface area contributed by atoms with E-state index in [1.54, 1.807) is 37.5 Å². The van der Waals surface area contributed by atoms with Crippen LogP contribution >= 0.6 is 35.0 Å². The number of hydrogen-bond acceptors (Lipinski definition) is 6. The van der Waals surface area contributed by atoms with Crippen molar-refractivity contribution in [3.05, 3.63) is 58.2 Å². The number of aromatic nitrogens is 3. The molecule has 0 fully saturated rings. The molecule has 3 aromatic rings. The number of carbonyl (C=O) groups is 2. The molecule has 0 aliphatic carbocycles. The van der Waals surface area contributed by atoms with Crippen LogP contribution in [0.25, 0.3) is 0 Å². The van der Waals surface area contributed by atoms with Gasteiger partial charge in [0.2, 0.25) is 11.8 Å². The van der Waals surface area contributed by atoms with Crippen molar-refractivity contribution < 1.29 is 14.0 Å². The predicted octanol–water partition coefficient (Wildman–Crippen LogP) is 3.76. The van der Waals surface area contributed by atoms with Crippen molar-refractivity contribution in [1.29, 1.82) is 0 Å². The Kier molecular flexibility index (Phi) is 7.41. The molecule has 1 unspecified atom stereocenters. The topological polar surface area (TPSA) is 116 Å². The van der Waals surface area contributed by atoms with Gasteiger partial charge in [-0.25, -0.2) is 0 Å². The molecule has 0 saturated heterocycles. The first-order valence-electron chi connectivity index (χ1n) is 8.99. The van der Waals surface area contributed by atoms with Gasteiger partial charge in [0, 0.05) is 17.9 Å². The van der Waals surface area contributed by atoms with E-state index in [-0.39, 0.29) is 12.3 Å². The van der Waals surface area contributed by atoms with Crippen LogP contribution in [0.5, 0.6) is 0 Å². The molecular formula is C19H19Cl2N5O3S. The third kappa shape index (κ3) is 5.78. The van der Waals surface area contributed by atoms with Crippen molar-refractivity contribution in [1.82, 2.24) is 14.8 Å². The van der Waals surface area contributed by atoms with Gasteiger partial charge in [-0.05, 0) is 37.3 Å². The van der Waals surface area contributed by atoms with Crippen molar-refractivity contribution in [2.24, 2.45) is 5.73 Å². The molecule has 2 aromatic heterocycles. The predicted molar refractivity (Wildman–Crippen MR) is 116 cm³/mol. The molecule has 11 heteroatoms. The largest absolute Gasteiger partial charge is 0.467 e. The number of aryl methyl sites for hydroxylation is 1. The van der Waals surface area contributed by atoms with E-state index in [0.717, 1.165) is 0 Å². The highest BCUT2D eigenvalue weighted by molar-refractivity contribution is 8.00. The van der Waals surface area contributed by atoms with Gasteiger partial charge in [-0.15, -0.1) is 10.2 Å². The molecule has 0 aliphatic rings. The molecule has 3 N–H and O–H groups in total. The van der Waals surface area contributed by atoms with Crippen molar-refractivity contribution in [2.45, 2.75) is 36.7 Å². The first-order chi connectivity index (χ1) is 14.3. The summed E-state index contributed by atoms with van der Waals surface area (Å²) >= 11 is 13.3. The molecule has 0 radical (unpaired) electrons. The van der Waals surface area contributed by atoms with Crippen LogP contribution in [0.3, 0.4) is 0 Å². The Bertz CT molecular complexity index is 1040. The molecule has 158 valence electrons. The summed E-state index contributed by atoms with van der Waals surface area (Å²) in [5, 5.41) is 12.0. The highest BCUT2D eigenvalue weighted by Gasteiger charge is 2.22. The first kappa shape index (κ1) is 22.2. The Morgan fingerprint density at radius 2 is 2.10 bits per heavy atom. The maximum absolute atomic E-state index is 12.6. The van der Waals surface area contributed by atoms with Crippen LogP contribution in [0.15, 0.2) is 46.2 Å². The van der Waals surface area contributed by atoms with E-state index < -0.39 is 11.2 Å². The Labute approximate surface area is 187 Å². The van der Waals surface area contributed by atoms with Gasteiger partial charge in [-0.3, -0.25) is 14.2 Å². The molecule has 2 heterocycles. The molecule has 1 aromatic carbocycles. The molecule has 0 aliphatic heterocycles. The van der Waals surface area contributed by atoms with Gasteiger partial charge in [0.15, 0.2) is 5.16 Å². The van der Waals surface area contributed by atoms with Crippen molar-refractivity contribution in [3.63, 3.8) is 0 Å². The van der Waals surface area contributed by atoms with Crippen molar-refractivity contribution >= 4 is 52.5 Å². The van der Waals surface area contributed by atoms with E-state index >= 15 is 0 Å². The second-order valence-corrected chi connectivity index (χ2v) is 8.56. The van der Waals surface area contributed by atoms with E-state index in [2.05, 4.69) is 15.5 Å². The number of furan rings is 1. The highest BCUT2D eigenvalue weighted by Crippen LogP contribution is 2.28. The average molecular weight is 468 g/mol. The van der Waals surface area contributed by atoms with E-state index in [1.165, 1.54) is 11.8 Å². The van der Waals surface area contributed by atoms with Crippen LogP contribution in [0.4, 0.5) is 5.69 Å². The fourth-order valence-electron chi connectivity index (χ4n) is 2.58. The summed E-state index contributed by atoms with van der Waals surface area (Å²) in [4.78, 5) is 23.8. The minimum atomic E-state index is -0.500. The van der Waals surface area contributed by atoms with Crippen LogP contribution in [0.2, 0.25) is 10.0 Å². The number of hydrogen-bond donors (Lipinski definition) is 2. The summed E-state index contributed by atoms with van der Waals surface area (Å²) in [7, 11) is 0. The van der Waals surface area contributed by atoms with Crippen LogP contribution in [0, 0.1) is 0 Å². The van der Waals surface area contributed by atoms with Gasteiger partial charge < -0.3 is 15.5 Å². The SMILES string of the molecule is CC(Sc1nnc(CCC(N)=O)n1Cc1ccco1)C(=O)Nc1ccc(Cl)cc1Cl. The van der Waals surface area contributed by atoms with E-state index in [1.807, 2.05) is 10.6 Å². The monoisotopic (exact) mass is 467 g/mol. The van der Waals surface area contributed by atoms with Crippen LogP contribution < -0.4 is 11.1 Å². The van der Waals surface area contributed by atoms with Gasteiger partial charge in [-0.1, -0.05) is 35.0 Å². The number of nitrogens with one attached hydrogen (secondary N) is 1. The van der Waals surface area contributed by atoms with E-state index in [0.29, 0.717) is 45.4 Å². The maximum Gasteiger partial charge on any atom is 0.237 e. The summed E-state index contributed by atoms with van der Waals surface area (Å²) < 4.78 is 7.23. The Morgan fingerprint density at radius 1 is 1.30 bits per heavy atom. The number of anilines is 1. The van der Waals surface area contributed by atoms with Crippen molar-refractivity contribution in [3.8, 4) is 0 Å². The molecule has 8 nitrogen and oxygen atoms in total. The van der Waals surface area contributed by atoms with Gasteiger partial charge in [-0.2, -0.15) is 0 Å². The number of amides is 2. The molecule has 0 bridgehead atoms.